The van der Waals surface area contributed by atoms with Gasteiger partial charge in [0, 0.05) is 37.8 Å². The van der Waals surface area contributed by atoms with Gasteiger partial charge in [-0.2, -0.15) is 0 Å². The van der Waals surface area contributed by atoms with Crippen molar-refractivity contribution in [2.45, 2.75) is 44.3 Å². The highest BCUT2D eigenvalue weighted by Crippen LogP contribution is 2.33. The molecule has 0 saturated carbocycles. The van der Waals surface area contributed by atoms with Crippen molar-refractivity contribution in [3.05, 3.63) is 59.9 Å². The largest absolute Gasteiger partial charge is 0.379 e. The Bertz CT molecular complexity index is 1070. The van der Waals surface area contributed by atoms with Crippen molar-refractivity contribution in [2.24, 2.45) is 7.05 Å². The molecule has 5 rings (SSSR count). The molecule has 0 aliphatic carbocycles. The van der Waals surface area contributed by atoms with Crippen LogP contribution in [0.4, 0.5) is 5.69 Å². The van der Waals surface area contributed by atoms with Gasteiger partial charge in [0.1, 0.15) is 5.82 Å². The number of aromatic nitrogens is 2. The van der Waals surface area contributed by atoms with E-state index in [1.807, 2.05) is 12.1 Å². The summed E-state index contributed by atoms with van der Waals surface area (Å²) in [5.41, 5.74) is 4.35. The second-order valence-corrected chi connectivity index (χ2v) is 8.72. The van der Waals surface area contributed by atoms with Crippen molar-refractivity contribution in [2.75, 3.05) is 18.4 Å². The molecule has 0 radical (unpaired) electrons. The molecule has 1 spiro atoms. The van der Waals surface area contributed by atoms with E-state index in [0.717, 1.165) is 61.5 Å². The van der Waals surface area contributed by atoms with Gasteiger partial charge in [-0.1, -0.05) is 30.3 Å². The lowest BCUT2D eigenvalue weighted by Crippen LogP contribution is -2.46. The molecule has 1 amide bonds. The molecule has 0 unspecified atom stereocenters. The summed E-state index contributed by atoms with van der Waals surface area (Å²) in [6.07, 6.45) is 3.53. The fraction of sp³-hybridized carbons (Fsp3) is 0.417. The number of nitrogens with one attached hydrogen (secondary N) is 2. The molecule has 6 nitrogen and oxygen atoms in total. The number of anilines is 1. The molecule has 2 aromatic carbocycles. The highest BCUT2D eigenvalue weighted by molar-refractivity contribution is 5.79. The first-order chi connectivity index (χ1) is 14.6. The van der Waals surface area contributed by atoms with Crippen molar-refractivity contribution < 1.29 is 4.79 Å². The molecule has 1 aromatic heterocycles. The number of aryl methyl sites for hydroxylation is 1. The number of rotatable bonds is 2. The number of amides is 1. The van der Waals surface area contributed by atoms with Crippen molar-refractivity contribution in [3.63, 3.8) is 0 Å². The summed E-state index contributed by atoms with van der Waals surface area (Å²) < 4.78 is 2.20. The number of hydrogen-bond donors (Lipinski definition) is 2. The van der Waals surface area contributed by atoms with Gasteiger partial charge in [0.05, 0.1) is 17.6 Å². The number of para-hydroxylation sites is 3. The number of imidazole rings is 1. The summed E-state index contributed by atoms with van der Waals surface area (Å²) in [4.78, 5) is 19.9. The summed E-state index contributed by atoms with van der Waals surface area (Å²) in [5, 5.41) is 6.89. The van der Waals surface area contributed by atoms with Gasteiger partial charge in [0.2, 0.25) is 5.91 Å². The minimum absolute atomic E-state index is 0.140. The maximum atomic E-state index is 12.6. The third-order valence-corrected chi connectivity index (χ3v) is 6.67. The van der Waals surface area contributed by atoms with Gasteiger partial charge in [-0.15, -0.1) is 0 Å². The average molecular weight is 404 g/mol. The fourth-order valence-corrected chi connectivity index (χ4v) is 4.94. The van der Waals surface area contributed by atoms with E-state index in [9.17, 15) is 4.79 Å². The smallest absolute Gasteiger partial charge is 0.222 e. The minimum atomic E-state index is -0.193. The molecular weight excluding hydrogens is 374 g/mol. The van der Waals surface area contributed by atoms with Crippen LogP contribution in [0.15, 0.2) is 48.5 Å². The van der Waals surface area contributed by atoms with Crippen molar-refractivity contribution >= 4 is 22.6 Å². The molecule has 3 heterocycles. The Morgan fingerprint density at radius 1 is 1.07 bits per heavy atom. The number of benzene rings is 2. The molecule has 2 aliphatic heterocycles. The zero-order chi connectivity index (χ0) is 20.6. The topological polar surface area (TPSA) is 62.2 Å². The lowest BCUT2D eigenvalue weighted by Gasteiger charge is -2.37. The second kappa shape index (κ2) is 7.76. The van der Waals surface area contributed by atoms with Crippen molar-refractivity contribution in [3.8, 4) is 0 Å². The molecule has 1 atom stereocenters. The van der Waals surface area contributed by atoms with E-state index in [0.29, 0.717) is 13.0 Å². The first kappa shape index (κ1) is 19.1. The van der Waals surface area contributed by atoms with Crippen LogP contribution in [0.1, 0.15) is 37.1 Å². The van der Waals surface area contributed by atoms with Crippen LogP contribution in [-0.4, -0.2) is 39.0 Å². The Hall–Kier alpha value is -2.86. The van der Waals surface area contributed by atoms with E-state index in [1.54, 1.807) is 0 Å². The second-order valence-electron chi connectivity index (χ2n) is 8.72. The van der Waals surface area contributed by atoms with Crippen LogP contribution in [-0.2, 0) is 24.9 Å². The van der Waals surface area contributed by atoms with Gasteiger partial charge in [-0.05, 0) is 49.6 Å². The van der Waals surface area contributed by atoms with Crippen molar-refractivity contribution in [1.82, 2.24) is 19.8 Å². The Kier molecular flexibility index (Phi) is 4.95. The Morgan fingerprint density at radius 2 is 1.90 bits per heavy atom. The maximum absolute atomic E-state index is 12.6. The average Bonchev–Trinajstić information content (AvgIpc) is 2.92. The number of hydrogen-bond acceptors (Lipinski definition) is 4. The first-order valence-electron chi connectivity index (χ1n) is 10.9. The zero-order valence-electron chi connectivity index (χ0n) is 17.5. The number of carbonyl (C=O) groups is 1. The molecule has 1 fully saturated rings. The maximum Gasteiger partial charge on any atom is 0.222 e. The molecule has 30 heavy (non-hydrogen) atoms. The van der Waals surface area contributed by atoms with Gasteiger partial charge in [-0.25, -0.2) is 4.98 Å². The van der Waals surface area contributed by atoms with E-state index in [2.05, 4.69) is 63.5 Å². The lowest BCUT2D eigenvalue weighted by atomic mass is 9.85. The molecule has 1 saturated heterocycles. The molecule has 2 N–H and O–H groups in total. The van der Waals surface area contributed by atoms with E-state index in [4.69, 9.17) is 4.98 Å². The van der Waals surface area contributed by atoms with Crippen LogP contribution in [0, 0.1) is 0 Å². The zero-order valence-corrected chi connectivity index (χ0v) is 17.5. The predicted molar refractivity (Wildman–Crippen MR) is 119 cm³/mol. The lowest BCUT2D eigenvalue weighted by molar-refractivity contribution is -0.122. The normalized spacial score (nSPS) is 22.6. The molecule has 0 bridgehead atoms. The fourth-order valence-electron chi connectivity index (χ4n) is 4.94. The highest BCUT2D eigenvalue weighted by Gasteiger charge is 2.36. The minimum Gasteiger partial charge on any atom is -0.379 e. The molecule has 6 heteroatoms. The monoisotopic (exact) mass is 403 g/mol. The number of fused-ring (bicyclic) bond motifs is 2. The van der Waals surface area contributed by atoms with Gasteiger partial charge in [-0.3, -0.25) is 9.69 Å². The predicted octanol–water partition coefficient (Wildman–Crippen LogP) is 3.43. The van der Waals surface area contributed by atoms with Crippen LogP contribution >= 0.6 is 0 Å². The standard InChI is InChI=1S/C24H29N5O/c1-28-21-10-5-4-9-20(21)26-22(28)17-29-13-6-11-24(12-14-29)15-23(30)25-16-18-7-2-3-8-19(18)27-24/h2-5,7-10,27H,6,11-17H2,1H3,(H,25,30)/t24-/m1/s1. The number of carbonyl (C=O) groups excluding carboxylic acids is 1. The first-order valence-corrected chi connectivity index (χ1v) is 10.9. The Labute approximate surface area is 177 Å². The Balaban J connectivity index is 1.35. The molecule has 3 aromatic rings. The molecule has 2 aliphatic rings. The third-order valence-electron chi connectivity index (χ3n) is 6.67. The highest BCUT2D eigenvalue weighted by atomic mass is 16.1. The van der Waals surface area contributed by atoms with Crippen LogP contribution in [0.3, 0.4) is 0 Å². The van der Waals surface area contributed by atoms with Crippen LogP contribution in [0.25, 0.3) is 11.0 Å². The summed E-state index contributed by atoms with van der Waals surface area (Å²) >= 11 is 0. The summed E-state index contributed by atoms with van der Waals surface area (Å²) in [6, 6.07) is 16.6. The Morgan fingerprint density at radius 3 is 2.80 bits per heavy atom. The van der Waals surface area contributed by atoms with Crippen LogP contribution in [0.5, 0.6) is 0 Å². The third kappa shape index (κ3) is 3.67. The summed E-state index contributed by atoms with van der Waals surface area (Å²) in [7, 11) is 2.10. The van der Waals surface area contributed by atoms with Gasteiger partial charge in [0.15, 0.2) is 0 Å². The molecular formula is C24H29N5O. The van der Waals surface area contributed by atoms with Gasteiger partial charge < -0.3 is 15.2 Å². The van der Waals surface area contributed by atoms with Gasteiger partial charge >= 0.3 is 0 Å². The quantitative estimate of drug-likeness (QED) is 0.688. The van der Waals surface area contributed by atoms with Crippen LogP contribution < -0.4 is 10.6 Å². The van der Waals surface area contributed by atoms with E-state index in [-0.39, 0.29) is 11.4 Å². The van der Waals surface area contributed by atoms with Crippen molar-refractivity contribution in [1.29, 1.82) is 0 Å². The SMILES string of the molecule is Cn1c(CN2CCC[C@@]3(CC2)CC(=O)NCc2ccccc2N3)nc2ccccc21. The molecule has 156 valence electrons. The van der Waals surface area contributed by atoms with E-state index in [1.165, 1.54) is 5.52 Å². The van der Waals surface area contributed by atoms with Crippen LogP contribution in [0.2, 0.25) is 0 Å². The van der Waals surface area contributed by atoms with E-state index >= 15 is 0 Å². The summed E-state index contributed by atoms with van der Waals surface area (Å²) in [5.74, 6) is 1.24. The van der Waals surface area contributed by atoms with Gasteiger partial charge in [0.25, 0.3) is 0 Å². The van der Waals surface area contributed by atoms with E-state index < -0.39 is 0 Å². The number of nitrogens with zero attached hydrogens (tertiary/aromatic N) is 3. The summed E-state index contributed by atoms with van der Waals surface area (Å²) in [6.45, 7) is 3.41. The number of likely N-dealkylation sites (tertiary alicyclic amines) is 1.